The first kappa shape index (κ1) is 28.8. The number of nitrogens with one attached hydrogen (secondary N) is 1. The van der Waals surface area contributed by atoms with E-state index in [0.29, 0.717) is 35.8 Å². The number of ether oxygens (including phenoxy) is 1. The van der Waals surface area contributed by atoms with Crippen LogP contribution in [0.4, 0.5) is 8.78 Å². The third-order valence-corrected chi connectivity index (χ3v) is 10.0. The minimum absolute atomic E-state index is 0.119. The molecular weight excluding hydrogens is 599 g/mol. The number of nitrogens with zero attached hydrogens (tertiary/aromatic N) is 3. The summed E-state index contributed by atoms with van der Waals surface area (Å²) in [4.78, 5) is 25.4. The third kappa shape index (κ3) is 5.10. The van der Waals surface area contributed by atoms with E-state index in [1.165, 1.54) is 45.9 Å². The van der Waals surface area contributed by atoms with E-state index >= 15 is 4.39 Å². The number of amides is 1. The van der Waals surface area contributed by atoms with Gasteiger partial charge in [0.1, 0.15) is 28.1 Å². The van der Waals surface area contributed by atoms with Crippen molar-refractivity contribution in [2.24, 2.45) is 0 Å². The molecule has 6 nitrogen and oxygen atoms in total. The standard InChI is InChI=1S/C34H30F2N4O2S2/c1-4-28(41)40-11-8-25-27(17-40)44-34(38-25)32-30(29-24(36)14-22(35)15-26(29)42-18(2)3)33-23(9-12-43-33)31(39-32)20-5-6-21-16-37-10-7-19(21)13-20/h4-6,9,12-15,18,37H,1,7-8,10-11,16-17H2,2-3H3. The van der Waals surface area contributed by atoms with E-state index < -0.39 is 11.6 Å². The average molecular weight is 629 g/mol. The lowest BCUT2D eigenvalue weighted by Crippen LogP contribution is -2.34. The van der Waals surface area contributed by atoms with Gasteiger partial charge in [0, 0.05) is 57.7 Å². The maximum atomic E-state index is 16.0. The molecule has 2 aliphatic heterocycles. The van der Waals surface area contributed by atoms with Crippen molar-refractivity contribution in [3.8, 4) is 38.8 Å². The smallest absolute Gasteiger partial charge is 0.246 e. The zero-order valence-corrected chi connectivity index (χ0v) is 26.0. The van der Waals surface area contributed by atoms with E-state index in [4.69, 9.17) is 14.7 Å². The number of thiazole rings is 1. The molecule has 0 radical (unpaired) electrons. The maximum absolute atomic E-state index is 16.0. The number of benzene rings is 2. The predicted molar refractivity (Wildman–Crippen MR) is 172 cm³/mol. The molecule has 44 heavy (non-hydrogen) atoms. The fourth-order valence-corrected chi connectivity index (χ4v) is 8.08. The van der Waals surface area contributed by atoms with Crippen molar-refractivity contribution in [3.63, 3.8) is 0 Å². The van der Waals surface area contributed by atoms with Gasteiger partial charge in [0.2, 0.25) is 5.91 Å². The molecule has 0 aliphatic carbocycles. The minimum Gasteiger partial charge on any atom is -0.490 e. The van der Waals surface area contributed by atoms with Crippen molar-refractivity contribution in [1.29, 1.82) is 0 Å². The van der Waals surface area contributed by atoms with Crippen LogP contribution in [0.2, 0.25) is 0 Å². The molecule has 7 rings (SSSR count). The predicted octanol–water partition coefficient (Wildman–Crippen LogP) is 7.54. The SMILES string of the molecule is C=CC(=O)N1CCc2nc(-c3nc(-c4ccc5c(c4)CCNC5)c4ccsc4c3-c3c(F)cc(F)cc3OC(C)C)sc2C1. The lowest BCUT2D eigenvalue weighted by molar-refractivity contribution is -0.126. The Bertz CT molecular complexity index is 1950. The first-order valence-electron chi connectivity index (χ1n) is 14.6. The first-order valence-corrected chi connectivity index (χ1v) is 16.3. The van der Waals surface area contributed by atoms with E-state index in [1.807, 2.05) is 25.3 Å². The molecule has 224 valence electrons. The molecule has 0 saturated carbocycles. The normalized spacial score (nSPS) is 14.5. The van der Waals surface area contributed by atoms with Crippen LogP contribution in [0.1, 0.15) is 35.5 Å². The first-order chi connectivity index (χ1) is 21.3. The van der Waals surface area contributed by atoms with Gasteiger partial charge >= 0.3 is 0 Å². The number of carbonyl (C=O) groups excluding carboxylic acids is 1. The molecule has 0 atom stereocenters. The van der Waals surface area contributed by atoms with Crippen LogP contribution in [-0.2, 0) is 30.7 Å². The molecule has 0 bridgehead atoms. The number of halogens is 2. The van der Waals surface area contributed by atoms with Crippen LogP contribution in [0.15, 0.2) is 54.4 Å². The summed E-state index contributed by atoms with van der Waals surface area (Å²) in [6.07, 6.45) is 2.54. The summed E-state index contributed by atoms with van der Waals surface area (Å²) in [6, 6.07) is 10.6. The molecule has 0 spiro atoms. The van der Waals surface area contributed by atoms with Gasteiger partial charge in [0.05, 0.1) is 29.6 Å². The van der Waals surface area contributed by atoms with Crippen LogP contribution in [0, 0.1) is 11.6 Å². The highest BCUT2D eigenvalue weighted by Crippen LogP contribution is 2.48. The van der Waals surface area contributed by atoms with Gasteiger partial charge in [-0.1, -0.05) is 18.7 Å². The summed E-state index contributed by atoms with van der Waals surface area (Å²) in [7, 11) is 0. The van der Waals surface area contributed by atoms with Crippen molar-refractivity contribution in [1.82, 2.24) is 20.2 Å². The van der Waals surface area contributed by atoms with E-state index in [1.54, 1.807) is 4.90 Å². The number of fused-ring (bicyclic) bond motifs is 3. The van der Waals surface area contributed by atoms with Crippen LogP contribution in [-0.4, -0.2) is 40.0 Å². The van der Waals surface area contributed by atoms with Gasteiger partial charge in [0.15, 0.2) is 0 Å². The zero-order valence-electron chi connectivity index (χ0n) is 24.4. The molecule has 5 aromatic rings. The second kappa shape index (κ2) is 11.5. The minimum atomic E-state index is -0.725. The lowest BCUT2D eigenvalue weighted by Gasteiger charge is -2.24. The summed E-state index contributed by atoms with van der Waals surface area (Å²) >= 11 is 2.94. The van der Waals surface area contributed by atoms with Crippen LogP contribution in [0.5, 0.6) is 5.75 Å². The van der Waals surface area contributed by atoms with Crippen LogP contribution < -0.4 is 10.1 Å². The number of hydrogen-bond acceptors (Lipinski definition) is 7. The van der Waals surface area contributed by atoms with Crippen molar-refractivity contribution in [2.75, 3.05) is 13.1 Å². The molecule has 0 fully saturated rings. The van der Waals surface area contributed by atoms with Gasteiger partial charge in [-0.2, -0.15) is 0 Å². The molecule has 1 N–H and O–H groups in total. The Labute approximate surface area is 262 Å². The van der Waals surface area contributed by atoms with Gasteiger partial charge in [-0.25, -0.2) is 18.7 Å². The van der Waals surface area contributed by atoms with Crippen molar-refractivity contribution in [3.05, 3.63) is 87.8 Å². The Kier molecular flexibility index (Phi) is 7.52. The molecule has 10 heteroatoms. The number of hydrogen-bond donors (Lipinski definition) is 1. The van der Waals surface area contributed by atoms with Gasteiger partial charge in [0.25, 0.3) is 0 Å². The molecule has 2 aliphatic rings. The fraction of sp³-hybridized carbons (Fsp3) is 0.265. The summed E-state index contributed by atoms with van der Waals surface area (Å²) in [5.74, 6) is -1.45. The summed E-state index contributed by atoms with van der Waals surface area (Å²) in [6.45, 7) is 10.00. The molecule has 0 saturated heterocycles. The molecule has 5 heterocycles. The Morgan fingerprint density at radius 1 is 1.09 bits per heavy atom. The van der Waals surface area contributed by atoms with E-state index in [0.717, 1.165) is 57.5 Å². The van der Waals surface area contributed by atoms with Crippen LogP contribution in [0.25, 0.3) is 43.2 Å². The van der Waals surface area contributed by atoms with E-state index in [9.17, 15) is 9.18 Å². The third-order valence-electron chi connectivity index (χ3n) is 8.03. The van der Waals surface area contributed by atoms with Crippen molar-refractivity contribution < 1.29 is 18.3 Å². The lowest BCUT2D eigenvalue weighted by atomic mass is 9.94. The second-order valence-electron chi connectivity index (χ2n) is 11.3. The molecule has 2 aromatic carbocycles. The highest BCUT2D eigenvalue weighted by molar-refractivity contribution is 7.18. The average Bonchev–Trinajstić information content (AvgIpc) is 3.67. The van der Waals surface area contributed by atoms with Crippen molar-refractivity contribution in [2.45, 2.75) is 45.9 Å². The van der Waals surface area contributed by atoms with Crippen LogP contribution >= 0.6 is 22.7 Å². The summed E-state index contributed by atoms with van der Waals surface area (Å²) in [5, 5.41) is 6.90. The molecule has 3 aromatic heterocycles. The Hall–Kier alpha value is -3.99. The number of thiophene rings is 1. The molecular formula is C34H30F2N4O2S2. The summed E-state index contributed by atoms with van der Waals surface area (Å²) in [5.41, 5.74) is 6.41. The monoisotopic (exact) mass is 628 g/mol. The van der Waals surface area contributed by atoms with Gasteiger partial charge < -0.3 is 15.0 Å². The van der Waals surface area contributed by atoms with Gasteiger partial charge in [-0.15, -0.1) is 22.7 Å². The van der Waals surface area contributed by atoms with Gasteiger partial charge in [-0.3, -0.25) is 4.79 Å². The second-order valence-corrected chi connectivity index (χ2v) is 13.3. The Morgan fingerprint density at radius 3 is 2.77 bits per heavy atom. The van der Waals surface area contributed by atoms with Crippen molar-refractivity contribution >= 4 is 38.7 Å². The molecule has 1 amide bonds. The Balaban J connectivity index is 1.49. The summed E-state index contributed by atoms with van der Waals surface area (Å²) < 4.78 is 37.4. The maximum Gasteiger partial charge on any atom is 0.246 e. The zero-order chi connectivity index (χ0) is 30.5. The highest BCUT2D eigenvalue weighted by Gasteiger charge is 2.29. The Morgan fingerprint density at radius 2 is 1.95 bits per heavy atom. The number of aromatic nitrogens is 2. The number of rotatable bonds is 6. The van der Waals surface area contributed by atoms with E-state index in [2.05, 4.69) is 30.1 Å². The fourth-order valence-electron chi connectivity index (χ4n) is 6.01. The van der Waals surface area contributed by atoms with Crippen LogP contribution in [0.3, 0.4) is 0 Å². The van der Waals surface area contributed by atoms with Gasteiger partial charge in [-0.05, 0) is 61.5 Å². The quantitative estimate of drug-likeness (QED) is 0.197. The molecule has 0 unspecified atom stereocenters. The van der Waals surface area contributed by atoms with E-state index in [-0.39, 0.29) is 23.3 Å². The topological polar surface area (TPSA) is 67.4 Å². The largest absolute Gasteiger partial charge is 0.490 e. The highest BCUT2D eigenvalue weighted by atomic mass is 32.1. The number of carbonyl (C=O) groups is 1. The number of pyridine rings is 1.